The zero-order chi connectivity index (χ0) is 12.1. The molecule has 0 fully saturated rings. The number of carbonyl (C=O) groups is 2. The van der Waals surface area contributed by atoms with Crippen LogP contribution in [0.25, 0.3) is 0 Å². The molecule has 0 heterocycles. The van der Waals surface area contributed by atoms with E-state index in [0.717, 1.165) is 5.56 Å². The summed E-state index contributed by atoms with van der Waals surface area (Å²) in [6, 6.07) is 5.20. The molecular weight excluding hydrogens is 210 g/mol. The topological polar surface area (TPSA) is 66.8 Å². The number of aryl methyl sites for hydroxylation is 1. The minimum atomic E-state index is -1.05. The minimum Gasteiger partial charge on any atom is -0.480 e. The van der Waals surface area contributed by atoms with E-state index in [1.54, 1.807) is 19.2 Å². The second kappa shape index (κ2) is 5.16. The van der Waals surface area contributed by atoms with E-state index < -0.39 is 12.6 Å². The van der Waals surface area contributed by atoms with Gasteiger partial charge in [-0.2, -0.15) is 0 Å². The Balaban J connectivity index is 3.02. The summed E-state index contributed by atoms with van der Waals surface area (Å²) in [6.45, 7) is 1.39. The van der Waals surface area contributed by atoms with E-state index in [2.05, 4.69) is 0 Å². The largest absolute Gasteiger partial charge is 0.480 e. The maximum Gasteiger partial charge on any atom is 0.341 e. The number of para-hydroxylation sites is 1. The van der Waals surface area contributed by atoms with Gasteiger partial charge in [0.1, 0.15) is 5.75 Å². The lowest BCUT2D eigenvalue weighted by atomic mass is 10.1. The summed E-state index contributed by atoms with van der Waals surface area (Å²) in [7, 11) is 1.59. The predicted molar refractivity (Wildman–Crippen MR) is 58.8 cm³/mol. The van der Waals surface area contributed by atoms with Gasteiger partial charge in [0.2, 0.25) is 6.41 Å². The van der Waals surface area contributed by atoms with Crippen LogP contribution in [0.4, 0.5) is 5.69 Å². The van der Waals surface area contributed by atoms with Crippen molar-refractivity contribution < 1.29 is 19.4 Å². The fraction of sp³-hybridized carbons (Fsp3) is 0.273. The lowest BCUT2D eigenvalue weighted by Crippen LogP contribution is -2.18. The van der Waals surface area contributed by atoms with E-state index in [4.69, 9.17) is 9.84 Å². The van der Waals surface area contributed by atoms with Crippen molar-refractivity contribution >= 4 is 18.1 Å². The SMILES string of the molecule is Cc1cccc(OCC(=O)O)c1N(C)C=O. The third-order valence-electron chi connectivity index (χ3n) is 2.06. The van der Waals surface area contributed by atoms with Gasteiger partial charge in [0, 0.05) is 7.05 Å². The standard InChI is InChI=1S/C11H13NO4/c1-8-4-3-5-9(16-6-10(14)15)11(8)12(2)7-13/h3-5,7H,6H2,1-2H3,(H,14,15). The first-order valence-electron chi connectivity index (χ1n) is 4.68. The van der Waals surface area contributed by atoms with Crippen LogP contribution in [0.2, 0.25) is 0 Å². The van der Waals surface area contributed by atoms with Crippen molar-refractivity contribution in [3.05, 3.63) is 23.8 Å². The Kier molecular flexibility index (Phi) is 3.88. The molecule has 86 valence electrons. The van der Waals surface area contributed by atoms with Gasteiger partial charge >= 0.3 is 5.97 Å². The quantitative estimate of drug-likeness (QED) is 0.758. The molecule has 0 atom stereocenters. The average molecular weight is 223 g/mol. The highest BCUT2D eigenvalue weighted by atomic mass is 16.5. The minimum absolute atomic E-state index is 0.386. The van der Waals surface area contributed by atoms with Crippen LogP contribution >= 0.6 is 0 Å². The molecule has 1 aromatic carbocycles. The second-order valence-electron chi connectivity index (χ2n) is 3.32. The van der Waals surface area contributed by atoms with Crippen LogP contribution in [-0.2, 0) is 9.59 Å². The molecule has 16 heavy (non-hydrogen) atoms. The van der Waals surface area contributed by atoms with Crippen LogP contribution in [-0.4, -0.2) is 31.1 Å². The van der Waals surface area contributed by atoms with E-state index in [1.807, 2.05) is 13.0 Å². The molecule has 1 amide bonds. The van der Waals surface area contributed by atoms with Crippen molar-refractivity contribution in [1.82, 2.24) is 0 Å². The Morgan fingerprint density at radius 3 is 2.81 bits per heavy atom. The number of nitrogens with zero attached hydrogens (tertiary/aromatic N) is 1. The summed E-state index contributed by atoms with van der Waals surface area (Å²) in [5.74, 6) is -0.668. The Hall–Kier alpha value is -2.04. The number of anilines is 1. The number of amides is 1. The highest BCUT2D eigenvalue weighted by molar-refractivity contribution is 5.80. The molecule has 0 unspecified atom stereocenters. The van der Waals surface area contributed by atoms with E-state index in [0.29, 0.717) is 17.8 Å². The highest BCUT2D eigenvalue weighted by Crippen LogP contribution is 2.30. The fourth-order valence-corrected chi connectivity index (χ4v) is 1.39. The lowest BCUT2D eigenvalue weighted by molar-refractivity contribution is -0.139. The van der Waals surface area contributed by atoms with E-state index in [-0.39, 0.29) is 0 Å². The number of carboxylic acid groups (broad SMARTS) is 1. The Morgan fingerprint density at radius 2 is 2.25 bits per heavy atom. The van der Waals surface area contributed by atoms with Crippen LogP contribution in [0.3, 0.4) is 0 Å². The molecule has 0 radical (unpaired) electrons. The van der Waals surface area contributed by atoms with Crippen LogP contribution in [0, 0.1) is 6.92 Å². The Bertz CT molecular complexity index is 403. The number of hydrogen-bond donors (Lipinski definition) is 1. The van der Waals surface area contributed by atoms with Crippen molar-refractivity contribution in [2.24, 2.45) is 0 Å². The first-order chi connectivity index (χ1) is 7.56. The summed E-state index contributed by atoms with van der Waals surface area (Å²) >= 11 is 0. The average Bonchev–Trinajstić information content (AvgIpc) is 2.25. The predicted octanol–water partition coefficient (Wildman–Crippen LogP) is 1.05. The third kappa shape index (κ3) is 2.73. The van der Waals surface area contributed by atoms with Gasteiger partial charge in [-0.3, -0.25) is 4.79 Å². The molecule has 1 aromatic rings. The normalized spacial score (nSPS) is 9.62. The highest BCUT2D eigenvalue weighted by Gasteiger charge is 2.11. The van der Waals surface area contributed by atoms with Gasteiger partial charge in [-0.25, -0.2) is 4.79 Å². The molecule has 0 bridgehead atoms. The Labute approximate surface area is 93.2 Å². The summed E-state index contributed by atoms with van der Waals surface area (Å²) in [5, 5.41) is 8.52. The van der Waals surface area contributed by atoms with Crippen molar-refractivity contribution in [3.8, 4) is 5.75 Å². The van der Waals surface area contributed by atoms with Crippen molar-refractivity contribution in [2.45, 2.75) is 6.92 Å². The molecular formula is C11H13NO4. The molecule has 0 saturated carbocycles. The van der Waals surface area contributed by atoms with Crippen molar-refractivity contribution in [1.29, 1.82) is 0 Å². The maximum atomic E-state index is 10.7. The number of rotatable bonds is 5. The summed E-state index contributed by atoms with van der Waals surface area (Å²) in [5.41, 5.74) is 1.43. The molecule has 0 aliphatic heterocycles. The fourth-order valence-electron chi connectivity index (χ4n) is 1.39. The van der Waals surface area contributed by atoms with E-state index >= 15 is 0 Å². The van der Waals surface area contributed by atoms with Gasteiger partial charge in [0.15, 0.2) is 6.61 Å². The number of carboxylic acids is 1. The summed E-state index contributed by atoms with van der Waals surface area (Å²) < 4.78 is 5.10. The molecule has 0 aliphatic carbocycles. The van der Waals surface area contributed by atoms with Crippen LogP contribution in [0.15, 0.2) is 18.2 Å². The number of benzene rings is 1. The van der Waals surface area contributed by atoms with Gasteiger partial charge in [0.05, 0.1) is 5.69 Å². The van der Waals surface area contributed by atoms with Crippen LogP contribution in [0.1, 0.15) is 5.56 Å². The molecule has 0 spiro atoms. The van der Waals surface area contributed by atoms with Gasteiger partial charge in [0.25, 0.3) is 0 Å². The zero-order valence-corrected chi connectivity index (χ0v) is 9.14. The third-order valence-corrected chi connectivity index (χ3v) is 2.06. The monoisotopic (exact) mass is 223 g/mol. The molecule has 5 heteroatoms. The number of ether oxygens (including phenoxy) is 1. The molecule has 0 saturated heterocycles. The van der Waals surface area contributed by atoms with Crippen molar-refractivity contribution in [3.63, 3.8) is 0 Å². The number of aliphatic carboxylic acids is 1. The van der Waals surface area contributed by atoms with E-state index in [9.17, 15) is 9.59 Å². The second-order valence-corrected chi connectivity index (χ2v) is 3.32. The van der Waals surface area contributed by atoms with E-state index in [1.165, 1.54) is 4.90 Å². The Morgan fingerprint density at radius 1 is 1.56 bits per heavy atom. The van der Waals surface area contributed by atoms with Crippen molar-refractivity contribution in [2.75, 3.05) is 18.6 Å². The molecule has 0 aliphatic rings. The molecule has 1 N–H and O–H groups in total. The van der Waals surface area contributed by atoms with Gasteiger partial charge in [-0.05, 0) is 18.6 Å². The van der Waals surface area contributed by atoms with Gasteiger partial charge in [-0.15, -0.1) is 0 Å². The van der Waals surface area contributed by atoms with Crippen LogP contribution < -0.4 is 9.64 Å². The van der Waals surface area contributed by atoms with Gasteiger partial charge in [-0.1, -0.05) is 12.1 Å². The lowest BCUT2D eigenvalue weighted by Gasteiger charge is -2.18. The molecule has 0 aromatic heterocycles. The first kappa shape index (κ1) is 12.0. The molecule has 5 nitrogen and oxygen atoms in total. The number of hydrogen-bond acceptors (Lipinski definition) is 3. The maximum absolute atomic E-state index is 10.7. The first-order valence-corrected chi connectivity index (χ1v) is 4.68. The smallest absolute Gasteiger partial charge is 0.341 e. The summed E-state index contributed by atoms with van der Waals surface area (Å²) in [6.07, 6.45) is 0.649. The van der Waals surface area contributed by atoms with Gasteiger partial charge < -0.3 is 14.7 Å². The number of carbonyl (C=O) groups excluding carboxylic acids is 1. The summed E-state index contributed by atoms with van der Waals surface area (Å²) in [4.78, 5) is 22.5. The molecule has 1 rings (SSSR count). The van der Waals surface area contributed by atoms with Crippen LogP contribution in [0.5, 0.6) is 5.75 Å². The zero-order valence-electron chi connectivity index (χ0n) is 9.14.